The van der Waals surface area contributed by atoms with Gasteiger partial charge in [0.05, 0.1) is 11.6 Å². The third-order valence-corrected chi connectivity index (χ3v) is 4.28. The largest absolute Gasteiger partial charge is 0.388 e. The molecule has 2 atom stereocenters. The summed E-state index contributed by atoms with van der Waals surface area (Å²) in [5.41, 5.74) is -0.315. The fraction of sp³-hybridized carbons (Fsp3) is 0.556. The molecule has 5 heteroatoms. The molecule has 0 spiro atoms. The Bertz CT molecular complexity index is 551. The van der Waals surface area contributed by atoms with E-state index in [1.165, 1.54) is 0 Å². The number of aliphatic hydroxyl groups is 1. The first-order valence-electron chi connectivity index (χ1n) is 8.17. The minimum absolute atomic E-state index is 0.0181. The number of rotatable bonds is 5. The van der Waals surface area contributed by atoms with E-state index in [-0.39, 0.29) is 30.3 Å². The number of nitrogens with one attached hydrogen (secondary N) is 1. The Kier molecular flexibility index (Phi) is 5.42. The van der Waals surface area contributed by atoms with Gasteiger partial charge in [-0.25, -0.2) is 0 Å². The summed E-state index contributed by atoms with van der Waals surface area (Å²) in [6.07, 6.45) is 1.97. The number of hydrogen-bond acceptors (Lipinski definition) is 3. The molecule has 1 aliphatic rings. The fourth-order valence-electron chi connectivity index (χ4n) is 3.13. The van der Waals surface area contributed by atoms with Crippen LogP contribution in [0.4, 0.5) is 0 Å². The highest BCUT2D eigenvalue weighted by atomic mass is 16.3. The van der Waals surface area contributed by atoms with E-state index >= 15 is 0 Å². The van der Waals surface area contributed by atoms with Crippen molar-refractivity contribution in [2.45, 2.75) is 57.7 Å². The molecule has 1 heterocycles. The van der Waals surface area contributed by atoms with Crippen LogP contribution in [-0.2, 0) is 4.79 Å². The van der Waals surface area contributed by atoms with E-state index in [9.17, 15) is 14.7 Å². The lowest BCUT2D eigenvalue weighted by Gasteiger charge is -2.34. The van der Waals surface area contributed by atoms with Gasteiger partial charge in [-0.05, 0) is 45.7 Å². The molecule has 1 aromatic carbocycles. The Balaban J connectivity index is 1.91. The SMILES string of the molecule is CC(CC(=O)N1CCCC1C(C)(C)O)NC(=O)c1ccccc1. The Morgan fingerprint density at radius 2 is 2.00 bits per heavy atom. The van der Waals surface area contributed by atoms with Crippen LogP contribution in [0.5, 0.6) is 0 Å². The van der Waals surface area contributed by atoms with E-state index in [2.05, 4.69) is 5.32 Å². The summed E-state index contributed by atoms with van der Waals surface area (Å²) >= 11 is 0. The molecule has 1 saturated heterocycles. The van der Waals surface area contributed by atoms with Gasteiger partial charge in [-0.2, -0.15) is 0 Å². The van der Waals surface area contributed by atoms with Gasteiger partial charge < -0.3 is 15.3 Å². The number of carbonyl (C=O) groups excluding carboxylic acids is 2. The number of benzene rings is 1. The Hall–Kier alpha value is -1.88. The topological polar surface area (TPSA) is 69.6 Å². The predicted molar refractivity (Wildman–Crippen MR) is 89.0 cm³/mol. The van der Waals surface area contributed by atoms with Gasteiger partial charge >= 0.3 is 0 Å². The lowest BCUT2D eigenvalue weighted by molar-refractivity contribution is -0.137. The lowest BCUT2D eigenvalue weighted by Crippen LogP contribution is -2.49. The van der Waals surface area contributed by atoms with Gasteiger partial charge in [-0.15, -0.1) is 0 Å². The van der Waals surface area contributed by atoms with Gasteiger partial charge in [-0.3, -0.25) is 9.59 Å². The number of nitrogens with zero attached hydrogens (tertiary/aromatic N) is 1. The van der Waals surface area contributed by atoms with Crippen LogP contribution in [0.3, 0.4) is 0 Å². The molecule has 2 N–H and O–H groups in total. The number of amides is 2. The quantitative estimate of drug-likeness (QED) is 0.872. The highest BCUT2D eigenvalue weighted by molar-refractivity contribution is 5.94. The van der Waals surface area contributed by atoms with E-state index in [1.54, 1.807) is 30.9 Å². The molecule has 0 aliphatic carbocycles. The van der Waals surface area contributed by atoms with Crippen molar-refractivity contribution >= 4 is 11.8 Å². The smallest absolute Gasteiger partial charge is 0.251 e. The molecule has 23 heavy (non-hydrogen) atoms. The molecule has 5 nitrogen and oxygen atoms in total. The van der Waals surface area contributed by atoms with Crippen LogP contribution >= 0.6 is 0 Å². The normalized spacial score (nSPS) is 19.5. The highest BCUT2D eigenvalue weighted by Crippen LogP contribution is 2.27. The summed E-state index contributed by atoms with van der Waals surface area (Å²) in [4.78, 5) is 26.4. The van der Waals surface area contributed by atoms with E-state index in [0.717, 1.165) is 12.8 Å². The lowest BCUT2D eigenvalue weighted by atomic mass is 9.96. The summed E-state index contributed by atoms with van der Waals surface area (Å²) in [5.74, 6) is -0.193. The maximum atomic E-state index is 12.5. The molecule has 1 aliphatic heterocycles. The molecule has 1 aromatic rings. The van der Waals surface area contributed by atoms with Crippen LogP contribution in [0.2, 0.25) is 0 Å². The third-order valence-electron chi connectivity index (χ3n) is 4.28. The maximum absolute atomic E-state index is 12.5. The summed E-state index contributed by atoms with van der Waals surface area (Å²) in [7, 11) is 0. The van der Waals surface area contributed by atoms with Crippen molar-refractivity contribution in [1.29, 1.82) is 0 Å². The van der Waals surface area contributed by atoms with Crippen LogP contribution in [0.15, 0.2) is 30.3 Å². The number of carbonyl (C=O) groups is 2. The van der Waals surface area contributed by atoms with E-state index in [4.69, 9.17) is 0 Å². The van der Waals surface area contributed by atoms with Crippen molar-refractivity contribution in [2.75, 3.05) is 6.54 Å². The third kappa shape index (κ3) is 4.55. The molecule has 0 bridgehead atoms. The zero-order valence-corrected chi connectivity index (χ0v) is 14.1. The number of likely N-dealkylation sites (tertiary alicyclic amines) is 1. The van der Waals surface area contributed by atoms with Gasteiger partial charge in [0.1, 0.15) is 0 Å². The second-order valence-corrected chi connectivity index (χ2v) is 6.84. The van der Waals surface area contributed by atoms with Crippen LogP contribution in [0.1, 0.15) is 50.4 Å². The van der Waals surface area contributed by atoms with Crippen molar-refractivity contribution in [3.8, 4) is 0 Å². The van der Waals surface area contributed by atoms with Crippen LogP contribution in [0, 0.1) is 0 Å². The molecule has 2 unspecified atom stereocenters. The Labute approximate surface area is 137 Å². The zero-order valence-electron chi connectivity index (χ0n) is 14.1. The summed E-state index contributed by atoms with van der Waals surface area (Å²) < 4.78 is 0. The molecule has 0 radical (unpaired) electrons. The molecule has 0 saturated carbocycles. The Morgan fingerprint density at radius 3 is 2.61 bits per heavy atom. The minimum atomic E-state index is -0.900. The van der Waals surface area contributed by atoms with E-state index in [0.29, 0.717) is 12.1 Å². The predicted octanol–water partition coefficient (Wildman–Crippen LogP) is 1.96. The molecule has 2 rings (SSSR count). The summed E-state index contributed by atoms with van der Waals surface area (Å²) in [6.45, 7) is 5.98. The second kappa shape index (κ2) is 7.13. The van der Waals surface area contributed by atoms with Crippen LogP contribution in [0.25, 0.3) is 0 Å². The zero-order chi connectivity index (χ0) is 17.0. The van der Waals surface area contributed by atoms with Gasteiger partial charge in [0.15, 0.2) is 0 Å². The summed E-state index contributed by atoms with van der Waals surface area (Å²) in [5, 5.41) is 13.1. The molecular formula is C18H26N2O3. The van der Waals surface area contributed by atoms with Crippen molar-refractivity contribution in [2.24, 2.45) is 0 Å². The average Bonchev–Trinajstić information content (AvgIpc) is 2.97. The van der Waals surface area contributed by atoms with Crippen LogP contribution < -0.4 is 5.32 Å². The maximum Gasteiger partial charge on any atom is 0.251 e. The van der Waals surface area contributed by atoms with E-state index in [1.807, 2.05) is 25.1 Å². The first-order chi connectivity index (χ1) is 10.8. The van der Waals surface area contributed by atoms with Gasteiger partial charge in [0.2, 0.25) is 5.91 Å². The van der Waals surface area contributed by atoms with Crippen LogP contribution in [-0.4, -0.2) is 46.1 Å². The van der Waals surface area contributed by atoms with Crippen molar-refractivity contribution < 1.29 is 14.7 Å². The standard InChI is InChI=1S/C18H26N2O3/c1-13(19-17(22)14-8-5-4-6-9-14)12-16(21)20-11-7-10-15(20)18(2,3)23/h4-6,8-9,13,15,23H,7,10-12H2,1-3H3,(H,19,22). The van der Waals surface area contributed by atoms with Crippen molar-refractivity contribution in [3.05, 3.63) is 35.9 Å². The molecule has 2 amide bonds. The molecule has 1 fully saturated rings. The van der Waals surface area contributed by atoms with Gasteiger partial charge in [0, 0.05) is 24.6 Å². The summed E-state index contributed by atoms with van der Waals surface area (Å²) in [6, 6.07) is 8.56. The number of hydrogen-bond donors (Lipinski definition) is 2. The highest BCUT2D eigenvalue weighted by Gasteiger charge is 2.38. The first-order valence-corrected chi connectivity index (χ1v) is 8.17. The van der Waals surface area contributed by atoms with E-state index < -0.39 is 5.60 Å². The second-order valence-electron chi connectivity index (χ2n) is 6.84. The van der Waals surface area contributed by atoms with Gasteiger partial charge in [0.25, 0.3) is 5.91 Å². The molecular weight excluding hydrogens is 292 g/mol. The van der Waals surface area contributed by atoms with Crippen molar-refractivity contribution in [3.63, 3.8) is 0 Å². The molecule has 0 aromatic heterocycles. The first kappa shape index (κ1) is 17.5. The van der Waals surface area contributed by atoms with Crippen molar-refractivity contribution in [1.82, 2.24) is 10.2 Å². The fourth-order valence-corrected chi connectivity index (χ4v) is 3.13. The average molecular weight is 318 g/mol. The minimum Gasteiger partial charge on any atom is -0.388 e. The van der Waals surface area contributed by atoms with Gasteiger partial charge in [-0.1, -0.05) is 18.2 Å². The Morgan fingerprint density at radius 1 is 1.35 bits per heavy atom. The molecule has 126 valence electrons. The monoisotopic (exact) mass is 318 g/mol.